The predicted molar refractivity (Wildman–Crippen MR) is 81.7 cm³/mol. The number of nitrogens with zero attached hydrogens (tertiary/aromatic N) is 4. The summed E-state index contributed by atoms with van der Waals surface area (Å²) in [7, 11) is 0. The molecule has 3 aromatic rings. The first kappa shape index (κ1) is 14.5. The van der Waals surface area contributed by atoms with Crippen LogP contribution in [-0.4, -0.2) is 26.0 Å². The lowest BCUT2D eigenvalue weighted by molar-refractivity contribution is 0.0961. The van der Waals surface area contributed by atoms with Crippen molar-refractivity contribution in [2.75, 3.05) is 0 Å². The summed E-state index contributed by atoms with van der Waals surface area (Å²) in [5.74, 6) is -0.231. The van der Waals surface area contributed by atoms with Crippen molar-refractivity contribution in [3.63, 3.8) is 0 Å². The number of hydrogen-bond donors (Lipinski definition) is 0. The summed E-state index contributed by atoms with van der Waals surface area (Å²) in [4.78, 5) is 13.4. The lowest BCUT2D eigenvalue weighted by Gasteiger charge is -2.00. The van der Waals surface area contributed by atoms with E-state index in [1.165, 1.54) is 16.9 Å². The van der Waals surface area contributed by atoms with Gasteiger partial charge in [0.05, 0.1) is 0 Å². The van der Waals surface area contributed by atoms with Crippen molar-refractivity contribution in [2.24, 2.45) is 0 Å². The molecule has 1 aromatic heterocycles. The quantitative estimate of drug-likeness (QED) is 0.670. The predicted octanol–water partition coefficient (Wildman–Crippen LogP) is 3.12. The van der Waals surface area contributed by atoms with Gasteiger partial charge in [0.2, 0.25) is 5.82 Å². The van der Waals surface area contributed by atoms with E-state index in [1.807, 2.05) is 6.07 Å². The highest BCUT2D eigenvalue weighted by molar-refractivity contribution is 9.10. The molecule has 0 N–H and O–H groups in total. The van der Waals surface area contributed by atoms with Crippen LogP contribution in [0, 0.1) is 5.82 Å². The number of carbonyl (C=O) groups excluding carboxylic acids is 1. The molecule has 0 atom stereocenters. The van der Waals surface area contributed by atoms with E-state index in [1.54, 1.807) is 30.3 Å². The zero-order valence-electron chi connectivity index (χ0n) is 11.3. The van der Waals surface area contributed by atoms with Gasteiger partial charge < -0.3 is 0 Å². The molecule has 0 spiro atoms. The molecule has 0 saturated heterocycles. The Hall–Kier alpha value is -2.41. The summed E-state index contributed by atoms with van der Waals surface area (Å²) in [6.45, 7) is -0.0290. The molecule has 3 rings (SSSR count). The molecule has 0 radical (unpaired) electrons. The maximum Gasteiger partial charge on any atom is 0.205 e. The average Bonchev–Trinajstić information content (AvgIpc) is 2.96. The number of Topliss-reactive ketones (excluding diaryl/α,β-unsaturated/α-hetero) is 1. The summed E-state index contributed by atoms with van der Waals surface area (Å²) in [5.41, 5.74) is 1.07. The number of ketones is 1. The molecule has 22 heavy (non-hydrogen) atoms. The van der Waals surface area contributed by atoms with Crippen molar-refractivity contribution in [2.45, 2.75) is 6.54 Å². The fraction of sp³-hybridized carbons (Fsp3) is 0.0667. The molecule has 0 aliphatic carbocycles. The monoisotopic (exact) mass is 360 g/mol. The zero-order chi connectivity index (χ0) is 15.5. The molecular formula is C15H10BrFN4O. The van der Waals surface area contributed by atoms with E-state index in [2.05, 4.69) is 31.3 Å². The van der Waals surface area contributed by atoms with Gasteiger partial charge in [0.25, 0.3) is 0 Å². The maximum absolute atomic E-state index is 13.2. The highest BCUT2D eigenvalue weighted by Gasteiger charge is 2.11. The minimum atomic E-state index is -0.376. The molecule has 0 aliphatic heterocycles. The third-order valence-electron chi connectivity index (χ3n) is 2.97. The average molecular weight is 361 g/mol. The van der Waals surface area contributed by atoms with Crippen LogP contribution in [0.4, 0.5) is 4.39 Å². The Morgan fingerprint density at radius 3 is 2.77 bits per heavy atom. The lowest BCUT2D eigenvalue weighted by atomic mass is 10.1. The van der Waals surface area contributed by atoms with Crippen LogP contribution in [0.5, 0.6) is 0 Å². The third-order valence-corrected chi connectivity index (χ3v) is 3.46. The van der Waals surface area contributed by atoms with Crippen molar-refractivity contribution < 1.29 is 9.18 Å². The summed E-state index contributed by atoms with van der Waals surface area (Å²) in [5, 5.41) is 11.8. The minimum Gasteiger partial charge on any atom is -0.292 e. The van der Waals surface area contributed by atoms with Gasteiger partial charge in [0, 0.05) is 15.6 Å². The fourth-order valence-electron chi connectivity index (χ4n) is 1.93. The van der Waals surface area contributed by atoms with Gasteiger partial charge in [-0.2, -0.15) is 4.80 Å². The van der Waals surface area contributed by atoms with Gasteiger partial charge >= 0.3 is 0 Å². The fourth-order valence-corrected chi connectivity index (χ4v) is 2.33. The first-order valence-corrected chi connectivity index (χ1v) is 7.23. The summed E-state index contributed by atoms with van der Waals surface area (Å²) in [6.07, 6.45) is 0. The van der Waals surface area contributed by atoms with E-state index in [9.17, 15) is 9.18 Å². The van der Waals surface area contributed by atoms with Gasteiger partial charge in [0.15, 0.2) is 5.78 Å². The van der Waals surface area contributed by atoms with Crippen LogP contribution in [0.1, 0.15) is 10.4 Å². The number of aromatic nitrogens is 4. The Morgan fingerprint density at radius 1 is 1.18 bits per heavy atom. The van der Waals surface area contributed by atoms with Crippen LogP contribution >= 0.6 is 15.9 Å². The van der Waals surface area contributed by atoms with Crippen LogP contribution in [0.3, 0.4) is 0 Å². The van der Waals surface area contributed by atoms with E-state index in [0.717, 1.165) is 4.47 Å². The van der Waals surface area contributed by atoms with Gasteiger partial charge in [-0.3, -0.25) is 4.79 Å². The number of tetrazole rings is 1. The molecule has 0 aliphatic rings. The largest absolute Gasteiger partial charge is 0.292 e. The normalized spacial score (nSPS) is 10.6. The van der Waals surface area contributed by atoms with Crippen LogP contribution in [0.2, 0.25) is 0 Å². The van der Waals surface area contributed by atoms with Crippen LogP contribution in [-0.2, 0) is 6.54 Å². The molecule has 0 bridgehead atoms. The van der Waals surface area contributed by atoms with Crippen molar-refractivity contribution in [1.82, 2.24) is 20.2 Å². The number of rotatable bonds is 4. The number of halogens is 2. The maximum atomic E-state index is 13.2. The Balaban J connectivity index is 1.78. The summed E-state index contributed by atoms with van der Waals surface area (Å²) >= 11 is 3.32. The summed E-state index contributed by atoms with van der Waals surface area (Å²) in [6, 6.07) is 13.0. The Bertz CT molecular complexity index is 834. The second-order valence-electron chi connectivity index (χ2n) is 4.59. The second-order valence-corrected chi connectivity index (χ2v) is 5.50. The molecule has 0 unspecified atom stereocenters. The van der Waals surface area contributed by atoms with E-state index in [0.29, 0.717) is 11.1 Å². The van der Waals surface area contributed by atoms with Gasteiger partial charge in [-0.25, -0.2) is 4.39 Å². The standard InChI is InChI=1S/C15H10BrFN4O/c16-12-5-1-3-10(7-12)14(22)9-21-19-15(18-20-21)11-4-2-6-13(17)8-11/h1-8H,9H2. The Kier molecular flexibility index (Phi) is 4.06. The minimum absolute atomic E-state index is 0.0290. The van der Waals surface area contributed by atoms with Gasteiger partial charge in [-0.05, 0) is 29.5 Å². The first-order chi connectivity index (χ1) is 10.6. The van der Waals surface area contributed by atoms with Crippen molar-refractivity contribution in [1.29, 1.82) is 0 Å². The molecule has 7 heteroatoms. The molecule has 0 saturated carbocycles. The van der Waals surface area contributed by atoms with E-state index < -0.39 is 0 Å². The number of hydrogen-bond acceptors (Lipinski definition) is 4. The number of carbonyl (C=O) groups is 1. The number of benzene rings is 2. The highest BCUT2D eigenvalue weighted by atomic mass is 79.9. The van der Waals surface area contributed by atoms with Crippen LogP contribution < -0.4 is 0 Å². The third kappa shape index (κ3) is 3.25. The van der Waals surface area contributed by atoms with E-state index in [4.69, 9.17) is 0 Å². The van der Waals surface area contributed by atoms with Crippen molar-refractivity contribution in [3.05, 3.63) is 64.4 Å². The van der Waals surface area contributed by atoms with Crippen LogP contribution in [0.15, 0.2) is 53.0 Å². The second kappa shape index (κ2) is 6.15. The Morgan fingerprint density at radius 2 is 2.00 bits per heavy atom. The SMILES string of the molecule is O=C(Cn1nnc(-c2cccc(F)c2)n1)c1cccc(Br)c1. The molecule has 1 heterocycles. The van der Waals surface area contributed by atoms with Gasteiger partial charge in [0.1, 0.15) is 12.4 Å². The molecule has 110 valence electrons. The molecule has 5 nitrogen and oxygen atoms in total. The topological polar surface area (TPSA) is 60.7 Å². The first-order valence-electron chi connectivity index (χ1n) is 6.44. The van der Waals surface area contributed by atoms with Crippen molar-refractivity contribution >= 4 is 21.7 Å². The smallest absolute Gasteiger partial charge is 0.205 e. The van der Waals surface area contributed by atoms with Gasteiger partial charge in [-0.15, -0.1) is 10.2 Å². The molecule has 0 amide bonds. The lowest BCUT2D eigenvalue weighted by Crippen LogP contribution is -2.13. The summed E-state index contributed by atoms with van der Waals surface area (Å²) < 4.78 is 14.0. The Labute approximate surface area is 133 Å². The van der Waals surface area contributed by atoms with Crippen molar-refractivity contribution in [3.8, 4) is 11.4 Å². The molecule has 2 aromatic carbocycles. The van der Waals surface area contributed by atoms with E-state index >= 15 is 0 Å². The molecule has 0 fully saturated rings. The van der Waals surface area contributed by atoms with Gasteiger partial charge in [-0.1, -0.05) is 40.2 Å². The molecular weight excluding hydrogens is 351 g/mol. The zero-order valence-corrected chi connectivity index (χ0v) is 12.9. The van der Waals surface area contributed by atoms with E-state index in [-0.39, 0.29) is 24.0 Å². The highest BCUT2D eigenvalue weighted by Crippen LogP contribution is 2.15. The van der Waals surface area contributed by atoms with Crippen LogP contribution in [0.25, 0.3) is 11.4 Å².